The average molecular weight is 294 g/mol. The summed E-state index contributed by atoms with van der Waals surface area (Å²) in [5, 5.41) is 0. The van der Waals surface area contributed by atoms with E-state index in [4.69, 9.17) is 11.3 Å². The number of allylic oxidation sites excluding steroid dienone is 5. The van der Waals surface area contributed by atoms with E-state index in [1.807, 2.05) is 6.92 Å². The average Bonchev–Trinajstić information content (AvgIpc) is 2.26. The van der Waals surface area contributed by atoms with Gasteiger partial charge in [0.25, 0.3) is 0 Å². The van der Waals surface area contributed by atoms with Gasteiger partial charge in [-0.15, -0.1) is 12.5 Å². The quantitative estimate of drug-likeness (QED) is 0.560. The number of hydrogen-bond acceptors (Lipinski definition) is 1. The monoisotopic (exact) mass is 294 g/mol. The minimum Gasteiger partial charge on any atom is -0.501 e. The van der Waals surface area contributed by atoms with Crippen molar-refractivity contribution < 1.29 is 37.4 Å². The summed E-state index contributed by atoms with van der Waals surface area (Å²) >= 11 is 0. The van der Waals surface area contributed by atoms with Crippen LogP contribution in [0.5, 0.6) is 0 Å². The van der Waals surface area contributed by atoms with Crippen LogP contribution in [0.2, 0.25) is 0 Å². The molecule has 0 aromatic heterocycles. The SMILES string of the molecule is [CH-]=C(C)/C(C)=C(\C)C1=C(OC)CCCC1.[Y]. The molecule has 0 aromatic carbocycles. The predicted molar refractivity (Wildman–Crippen MR) is 64.4 cm³/mol. The fourth-order valence-corrected chi connectivity index (χ4v) is 2.02. The van der Waals surface area contributed by atoms with E-state index in [2.05, 4.69) is 13.8 Å². The van der Waals surface area contributed by atoms with Crippen LogP contribution in [0.3, 0.4) is 0 Å². The number of rotatable bonds is 3. The summed E-state index contributed by atoms with van der Waals surface area (Å²) in [7, 11) is 1.77. The molecule has 0 aromatic rings. The zero-order chi connectivity index (χ0) is 11.4. The molecule has 1 aliphatic carbocycles. The van der Waals surface area contributed by atoms with Gasteiger partial charge in [0.2, 0.25) is 0 Å². The predicted octanol–water partition coefficient (Wildman–Crippen LogP) is 4.17. The Bertz CT molecular complexity index is 324. The smallest absolute Gasteiger partial charge is 0.0974 e. The van der Waals surface area contributed by atoms with E-state index < -0.39 is 0 Å². The maximum absolute atomic E-state index is 5.83. The van der Waals surface area contributed by atoms with Crippen molar-refractivity contribution in [2.24, 2.45) is 0 Å². The standard InChI is InChI=1S/C14H21O.Y/c1-10(2)11(3)12(4)13-8-6-7-9-14(13)15-5;/h1H,6-9H2,2-5H3;/q-1;/b12-11+;. The molecular formula is C14H21OY-. The van der Waals surface area contributed by atoms with Gasteiger partial charge in [0.05, 0.1) is 12.9 Å². The van der Waals surface area contributed by atoms with Crippen LogP contribution >= 0.6 is 0 Å². The molecule has 0 amide bonds. The molecule has 87 valence electrons. The van der Waals surface area contributed by atoms with Gasteiger partial charge >= 0.3 is 0 Å². The fraction of sp³-hybridized carbons (Fsp3) is 0.571. The van der Waals surface area contributed by atoms with Crippen molar-refractivity contribution in [1.29, 1.82) is 0 Å². The Morgan fingerprint density at radius 2 is 1.69 bits per heavy atom. The summed E-state index contributed by atoms with van der Waals surface area (Å²) < 4.78 is 5.45. The van der Waals surface area contributed by atoms with Gasteiger partial charge in [-0.25, -0.2) is 5.57 Å². The van der Waals surface area contributed by atoms with Gasteiger partial charge in [-0.05, 0) is 24.8 Å². The van der Waals surface area contributed by atoms with Crippen LogP contribution < -0.4 is 0 Å². The summed E-state index contributed by atoms with van der Waals surface area (Å²) in [4.78, 5) is 0. The zero-order valence-electron chi connectivity index (χ0n) is 10.9. The largest absolute Gasteiger partial charge is 0.501 e. The Kier molecular flexibility index (Phi) is 7.51. The molecule has 2 heteroatoms. The van der Waals surface area contributed by atoms with Crippen LogP contribution in [0.4, 0.5) is 0 Å². The molecule has 0 atom stereocenters. The second-order valence-electron chi connectivity index (χ2n) is 4.25. The first-order chi connectivity index (χ1) is 7.07. The van der Waals surface area contributed by atoms with Gasteiger partial charge in [0, 0.05) is 39.1 Å². The molecule has 0 fully saturated rings. The Balaban J connectivity index is 0.00000225. The summed E-state index contributed by atoms with van der Waals surface area (Å²) in [6.07, 6.45) is 4.69. The van der Waals surface area contributed by atoms with E-state index in [0.29, 0.717) is 0 Å². The fourth-order valence-electron chi connectivity index (χ4n) is 2.02. The first kappa shape index (κ1) is 16.1. The Morgan fingerprint density at radius 1 is 1.12 bits per heavy atom. The third-order valence-corrected chi connectivity index (χ3v) is 3.27. The van der Waals surface area contributed by atoms with E-state index in [1.165, 1.54) is 29.6 Å². The molecule has 0 unspecified atom stereocenters. The molecule has 0 bridgehead atoms. The second kappa shape index (κ2) is 7.45. The molecule has 1 nitrogen and oxygen atoms in total. The number of ether oxygens (including phenoxy) is 1. The van der Waals surface area contributed by atoms with Gasteiger partial charge in [-0.2, -0.15) is 5.57 Å². The van der Waals surface area contributed by atoms with Crippen LogP contribution in [0.25, 0.3) is 0 Å². The van der Waals surface area contributed by atoms with Crippen molar-refractivity contribution in [3.05, 3.63) is 34.6 Å². The Labute approximate surface area is 125 Å². The number of methoxy groups -OCH3 is 1. The number of hydrogen-bond donors (Lipinski definition) is 0. The van der Waals surface area contributed by atoms with E-state index in [1.54, 1.807) is 7.11 Å². The first-order valence-electron chi connectivity index (χ1n) is 5.61. The first-order valence-corrected chi connectivity index (χ1v) is 5.61. The van der Waals surface area contributed by atoms with Gasteiger partial charge in [-0.1, -0.05) is 13.8 Å². The van der Waals surface area contributed by atoms with Gasteiger partial charge in [-0.3, -0.25) is 6.58 Å². The molecule has 0 aliphatic heterocycles. The summed E-state index contributed by atoms with van der Waals surface area (Å²) in [6, 6.07) is 0. The molecule has 1 radical (unpaired) electrons. The van der Waals surface area contributed by atoms with Gasteiger partial charge in [0.15, 0.2) is 0 Å². The third kappa shape index (κ3) is 3.85. The maximum atomic E-state index is 5.83. The zero-order valence-corrected chi connectivity index (χ0v) is 13.7. The van der Waals surface area contributed by atoms with E-state index in [9.17, 15) is 0 Å². The minimum atomic E-state index is 0. The Hall–Kier alpha value is 0.124. The van der Waals surface area contributed by atoms with Crippen LogP contribution in [-0.2, 0) is 37.4 Å². The van der Waals surface area contributed by atoms with E-state index >= 15 is 0 Å². The Morgan fingerprint density at radius 3 is 2.19 bits per heavy atom. The molecule has 1 rings (SSSR count). The molecule has 16 heavy (non-hydrogen) atoms. The third-order valence-electron chi connectivity index (χ3n) is 3.27. The van der Waals surface area contributed by atoms with E-state index in [0.717, 1.165) is 24.2 Å². The van der Waals surface area contributed by atoms with Crippen LogP contribution in [0, 0.1) is 6.58 Å². The van der Waals surface area contributed by atoms with Crippen molar-refractivity contribution in [3.63, 3.8) is 0 Å². The molecular weight excluding hydrogens is 273 g/mol. The van der Waals surface area contributed by atoms with Crippen molar-refractivity contribution in [3.8, 4) is 0 Å². The van der Waals surface area contributed by atoms with Crippen LogP contribution in [-0.4, -0.2) is 7.11 Å². The molecule has 0 heterocycles. The van der Waals surface area contributed by atoms with Crippen molar-refractivity contribution >= 4 is 0 Å². The molecule has 0 saturated heterocycles. The molecule has 1 aliphatic rings. The molecule has 0 spiro atoms. The summed E-state index contributed by atoms with van der Waals surface area (Å²) in [5.74, 6) is 1.15. The topological polar surface area (TPSA) is 9.23 Å². The minimum absolute atomic E-state index is 0. The summed E-state index contributed by atoms with van der Waals surface area (Å²) in [5.41, 5.74) is 4.76. The van der Waals surface area contributed by atoms with Crippen LogP contribution in [0.15, 0.2) is 28.1 Å². The van der Waals surface area contributed by atoms with Gasteiger partial charge < -0.3 is 4.74 Å². The molecule has 0 N–H and O–H groups in total. The van der Waals surface area contributed by atoms with Crippen molar-refractivity contribution in [2.45, 2.75) is 46.5 Å². The van der Waals surface area contributed by atoms with Gasteiger partial charge in [0.1, 0.15) is 0 Å². The van der Waals surface area contributed by atoms with Crippen molar-refractivity contribution in [1.82, 2.24) is 0 Å². The van der Waals surface area contributed by atoms with Crippen LogP contribution in [0.1, 0.15) is 46.5 Å². The van der Waals surface area contributed by atoms with E-state index in [-0.39, 0.29) is 32.7 Å². The molecule has 0 saturated carbocycles. The normalized spacial score (nSPS) is 17.5. The van der Waals surface area contributed by atoms with Crippen molar-refractivity contribution in [2.75, 3.05) is 7.11 Å². The summed E-state index contributed by atoms with van der Waals surface area (Å²) in [6.45, 7) is 12.0. The second-order valence-corrected chi connectivity index (χ2v) is 4.25. The maximum Gasteiger partial charge on any atom is 0.0974 e.